The first kappa shape index (κ1) is 12.2. The van der Waals surface area contributed by atoms with Crippen LogP contribution in [0.4, 0.5) is 11.4 Å². The monoisotopic (exact) mass is 246 g/mol. The maximum absolute atomic E-state index is 11.1. The summed E-state index contributed by atoms with van der Waals surface area (Å²) >= 11 is 0. The molecule has 0 spiro atoms. The van der Waals surface area contributed by atoms with Gasteiger partial charge in [0.2, 0.25) is 0 Å². The summed E-state index contributed by atoms with van der Waals surface area (Å²) < 4.78 is 5.48. The van der Waals surface area contributed by atoms with Gasteiger partial charge in [0.1, 0.15) is 17.1 Å². The molecule has 2 rings (SSSR count). The molecule has 0 bridgehead atoms. The minimum absolute atomic E-state index is 0.0315. The van der Waals surface area contributed by atoms with Crippen LogP contribution in [-0.2, 0) is 0 Å². The van der Waals surface area contributed by atoms with E-state index in [2.05, 4.69) is 5.32 Å². The lowest BCUT2D eigenvalue weighted by Crippen LogP contribution is -2.37. The second-order valence-corrected chi connectivity index (χ2v) is 3.89. The van der Waals surface area contributed by atoms with E-state index in [1.54, 1.807) is 0 Å². The molecule has 94 valence electrons. The Bertz CT molecular complexity index is 586. The highest BCUT2D eigenvalue weighted by molar-refractivity contribution is 5.71. The van der Waals surface area contributed by atoms with Gasteiger partial charge in [-0.3, -0.25) is 9.59 Å². The van der Waals surface area contributed by atoms with Crippen LogP contribution in [0.15, 0.2) is 39.9 Å². The van der Waals surface area contributed by atoms with E-state index in [1.807, 2.05) is 30.3 Å². The average molecular weight is 246 g/mol. The van der Waals surface area contributed by atoms with Crippen molar-refractivity contribution in [2.75, 3.05) is 24.2 Å². The number of nitrogens with two attached hydrogens (primary N) is 1. The third-order valence-corrected chi connectivity index (χ3v) is 2.58. The minimum atomic E-state index is -0.599. The Morgan fingerprint density at radius 3 is 2.50 bits per heavy atom. The highest BCUT2D eigenvalue weighted by atomic mass is 16.5. The zero-order valence-electron chi connectivity index (χ0n) is 9.81. The molecule has 0 radical (unpaired) electrons. The predicted molar refractivity (Wildman–Crippen MR) is 70.8 cm³/mol. The Morgan fingerprint density at radius 1 is 1.11 bits per heavy atom. The molecule has 0 heterocycles. The first-order valence-electron chi connectivity index (χ1n) is 5.70. The summed E-state index contributed by atoms with van der Waals surface area (Å²) in [7, 11) is 0. The largest absolute Gasteiger partial charge is 0.494 e. The van der Waals surface area contributed by atoms with Crippen molar-refractivity contribution in [2.45, 2.75) is 6.42 Å². The lowest BCUT2D eigenvalue weighted by molar-refractivity contribution is 0.315. The smallest absolute Gasteiger partial charge is 0.253 e. The molecule has 0 unspecified atom stereocenters. The van der Waals surface area contributed by atoms with Crippen molar-refractivity contribution in [3.63, 3.8) is 0 Å². The fourth-order valence-corrected chi connectivity index (χ4v) is 1.58. The lowest BCUT2D eigenvalue weighted by Gasteiger charge is -2.10. The Morgan fingerprint density at radius 2 is 1.83 bits per heavy atom. The molecular weight excluding hydrogens is 232 g/mol. The van der Waals surface area contributed by atoms with E-state index in [0.717, 1.165) is 5.75 Å². The summed E-state index contributed by atoms with van der Waals surface area (Å²) in [6.45, 7) is 1.08. The molecule has 0 aromatic heterocycles. The van der Waals surface area contributed by atoms with E-state index >= 15 is 0 Å². The third kappa shape index (κ3) is 2.51. The molecule has 5 nitrogen and oxygen atoms in total. The van der Waals surface area contributed by atoms with Gasteiger partial charge in [0.25, 0.3) is 10.9 Å². The fourth-order valence-electron chi connectivity index (χ4n) is 1.58. The average Bonchev–Trinajstić information content (AvgIpc) is 2.42. The van der Waals surface area contributed by atoms with Crippen molar-refractivity contribution in [1.82, 2.24) is 0 Å². The number of benzene rings is 1. The van der Waals surface area contributed by atoms with E-state index in [0.29, 0.717) is 19.6 Å². The molecule has 2 aromatic rings. The Balaban J connectivity index is 1.69. The van der Waals surface area contributed by atoms with Crippen molar-refractivity contribution < 1.29 is 4.74 Å². The van der Waals surface area contributed by atoms with Crippen LogP contribution in [0.3, 0.4) is 0 Å². The van der Waals surface area contributed by atoms with Gasteiger partial charge in [-0.15, -0.1) is 0 Å². The summed E-state index contributed by atoms with van der Waals surface area (Å²) in [6, 6.07) is 9.47. The number of hydrogen-bond donors (Lipinski definition) is 2. The number of anilines is 2. The quantitative estimate of drug-likeness (QED) is 0.580. The normalized spacial score (nSPS) is 10.4. The van der Waals surface area contributed by atoms with Crippen LogP contribution in [-0.4, -0.2) is 13.2 Å². The van der Waals surface area contributed by atoms with Crippen LogP contribution in [0.1, 0.15) is 6.42 Å². The van der Waals surface area contributed by atoms with Crippen LogP contribution in [0, 0.1) is 0 Å². The molecule has 5 heteroatoms. The van der Waals surface area contributed by atoms with Crippen LogP contribution in [0.2, 0.25) is 0 Å². The standard InChI is InChI=1S/C13H14N2O3/c14-10-11(13(17)12(10)16)15-7-4-8-18-9-5-2-1-3-6-9/h1-3,5-6,15H,4,7-8,14H2. The zero-order chi connectivity index (χ0) is 13.0. The second-order valence-electron chi connectivity index (χ2n) is 3.89. The highest BCUT2D eigenvalue weighted by Crippen LogP contribution is 2.10. The maximum Gasteiger partial charge on any atom is 0.253 e. The maximum atomic E-state index is 11.1. The molecule has 0 aliphatic rings. The van der Waals surface area contributed by atoms with Crippen molar-refractivity contribution >= 4 is 11.4 Å². The van der Waals surface area contributed by atoms with Gasteiger partial charge >= 0.3 is 0 Å². The number of para-hydroxylation sites is 1. The summed E-state index contributed by atoms with van der Waals surface area (Å²) in [5.74, 6) is 0.811. The summed E-state index contributed by atoms with van der Waals surface area (Å²) in [4.78, 5) is 21.9. The first-order valence-corrected chi connectivity index (χ1v) is 5.70. The molecule has 18 heavy (non-hydrogen) atoms. The molecule has 2 aromatic carbocycles. The van der Waals surface area contributed by atoms with E-state index < -0.39 is 10.9 Å². The minimum Gasteiger partial charge on any atom is -0.494 e. The van der Waals surface area contributed by atoms with Gasteiger partial charge in [-0.1, -0.05) is 18.2 Å². The lowest BCUT2D eigenvalue weighted by atomic mass is 10.2. The molecule has 3 N–H and O–H groups in total. The van der Waals surface area contributed by atoms with Crippen molar-refractivity contribution in [2.24, 2.45) is 0 Å². The van der Waals surface area contributed by atoms with Gasteiger partial charge in [-0.2, -0.15) is 0 Å². The molecule has 0 aliphatic carbocycles. The van der Waals surface area contributed by atoms with Gasteiger partial charge in [0.15, 0.2) is 0 Å². The number of rotatable bonds is 6. The molecule has 0 saturated carbocycles. The van der Waals surface area contributed by atoms with Crippen LogP contribution in [0.5, 0.6) is 5.75 Å². The molecule has 0 fully saturated rings. The molecular formula is C13H14N2O3. The number of hydrogen-bond acceptors (Lipinski definition) is 5. The SMILES string of the molecule is Nc1c(NCCCOc2ccccc2)c(=O)c1=O. The molecule has 0 atom stereocenters. The highest BCUT2D eigenvalue weighted by Gasteiger charge is 2.16. The third-order valence-electron chi connectivity index (χ3n) is 2.58. The van der Waals surface area contributed by atoms with Crippen molar-refractivity contribution in [3.05, 3.63) is 50.8 Å². The number of ether oxygens (including phenoxy) is 1. The van der Waals surface area contributed by atoms with E-state index in [9.17, 15) is 9.59 Å². The zero-order valence-corrected chi connectivity index (χ0v) is 9.81. The Kier molecular flexibility index (Phi) is 3.62. The van der Waals surface area contributed by atoms with Crippen molar-refractivity contribution in [3.8, 4) is 5.75 Å². The second kappa shape index (κ2) is 5.35. The van der Waals surface area contributed by atoms with E-state index in [1.165, 1.54) is 0 Å². The summed E-state index contributed by atoms with van der Waals surface area (Å²) in [5, 5.41) is 2.84. The van der Waals surface area contributed by atoms with E-state index in [4.69, 9.17) is 10.5 Å². The molecule has 0 saturated heterocycles. The van der Waals surface area contributed by atoms with Crippen LogP contribution < -0.4 is 26.6 Å². The Hall–Kier alpha value is -2.30. The Labute approximate surface area is 104 Å². The van der Waals surface area contributed by atoms with Gasteiger partial charge in [-0.25, -0.2) is 0 Å². The topological polar surface area (TPSA) is 81.4 Å². The molecule has 0 amide bonds. The van der Waals surface area contributed by atoms with Crippen LogP contribution >= 0.6 is 0 Å². The summed E-state index contributed by atoms with van der Waals surface area (Å²) in [6.07, 6.45) is 0.715. The van der Waals surface area contributed by atoms with Gasteiger partial charge in [-0.05, 0) is 18.6 Å². The van der Waals surface area contributed by atoms with Gasteiger partial charge in [0.05, 0.1) is 6.61 Å². The van der Waals surface area contributed by atoms with Gasteiger partial charge < -0.3 is 15.8 Å². The van der Waals surface area contributed by atoms with Crippen molar-refractivity contribution in [1.29, 1.82) is 0 Å². The number of nitrogens with one attached hydrogen (secondary N) is 1. The number of nitrogen functional groups attached to an aromatic ring is 1. The van der Waals surface area contributed by atoms with E-state index in [-0.39, 0.29) is 11.4 Å². The van der Waals surface area contributed by atoms with Crippen LogP contribution in [0.25, 0.3) is 0 Å². The fraction of sp³-hybridized carbons (Fsp3) is 0.231. The van der Waals surface area contributed by atoms with Gasteiger partial charge in [0, 0.05) is 6.54 Å². The first-order chi connectivity index (χ1) is 8.70. The summed E-state index contributed by atoms with van der Waals surface area (Å²) in [5.41, 5.74) is 4.52. The molecule has 0 aliphatic heterocycles. The predicted octanol–water partition coefficient (Wildman–Crippen LogP) is 0.746.